The minimum absolute atomic E-state index is 0.379. The van der Waals surface area contributed by atoms with E-state index in [0.717, 1.165) is 20.4 Å². The van der Waals surface area contributed by atoms with Gasteiger partial charge in [0.15, 0.2) is 0 Å². The van der Waals surface area contributed by atoms with E-state index in [4.69, 9.17) is 18.9 Å². The average molecular weight is 504 g/mol. The normalized spacial score (nSPS) is 11.6. The zero-order valence-corrected chi connectivity index (χ0v) is 18.3. The average Bonchev–Trinajstić information content (AvgIpc) is 2.77. The molecule has 1 atom stereocenters. The molecule has 1 unspecified atom stereocenters. The summed E-state index contributed by atoms with van der Waals surface area (Å²) in [5.74, 6) is 0.904. The van der Waals surface area contributed by atoms with Crippen molar-refractivity contribution in [2.24, 2.45) is 0 Å². The van der Waals surface area contributed by atoms with Crippen LogP contribution in [0.3, 0.4) is 0 Å². The van der Waals surface area contributed by atoms with Crippen LogP contribution in [-0.2, 0) is 16.1 Å². The number of carbonyl (C=O) groups excluding carboxylic acids is 1. The lowest BCUT2D eigenvalue weighted by Gasteiger charge is -2.17. The molecule has 5 nitrogen and oxygen atoms in total. The van der Waals surface area contributed by atoms with Crippen molar-refractivity contribution in [3.05, 3.63) is 93.1 Å². The molecule has 0 aliphatic carbocycles. The molecule has 29 heavy (non-hydrogen) atoms. The number of carbonyl (C=O) groups is 1. The summed E-state index contributed by atoms with van der Waals surface area (Å²) in [4.78, 5) is 12.7. The number of rotatable bonds is 8. The number of hydrogen-bond acceptors (Lipinski definition) is 5. The van der Waals surface area contributed by atoms with Gasteiger partial charge >= 0.3 is 5.97 Å². The van der Waals surface area contributed by atoms with Gasteiger partial charge < -0.3 is 18.9 Å². The molecule has 0 N–H and O–H groups in total. The Bertz CT molecular complexity index is 941. The van der Waals surface area contributed by atoms with E-state index in [0.29, 0.717) is 17.9 Å². The van der Waals surface area contributed by atoms with Crippen molar-refractivity contribution in [3.63, 3.8) is 0 Å². The first-order valence-electron chi connectivity index (χ1n) is 8.94. The van der Waals surface area contributed by atoms with Crippen molar-refractivity contribution in [2.45, 2.75) is 12.9 Å². The molecule has 0 spiro atoms. The SMILES string of the molecule is COc1ccc(COc2ccc(I)c(C(=O)OC(OC)c3ccccc3)c2)cc1. The second-order valence-electron chi connectivity index (χ2n) is 6.16. The van der Waals surface area contributed by atoms with Crippen LogP contribution < -0.4 is 9.47 Å². The maximum Gasteiger partial charge on any atom is 0.341 e. The van der Waals surface area contributed by atoms with Crippen molar-refractivity contribution in [3.8, 4) is 11.5 Å². The molecule has 0 radical (unpaired) electrons. The number of hydrogen-bond donors (Lipinski definition) is 0. The second kappa shape index (κ2) is 10.3. The van der Waals surface area contributed by atoms with Gasteiger partial charge in [-0.15, -0.1) is 0 Å². The second-order valence-corrected chi connectivity index (χ2v) is 7.32. The summed E-state index contributed by atoms with van der Waals surface area (Å²) in [6.07, 6.45) is -0.775. The molecule has 0 aliphatic rings. The Kier molecular flexibility index (Phi) is 7.48. The van der Waals surface area contributed by atoms with Crippen LogP contribution in [0.5, 0.6) is 11.5 Å². The monoisotopic (exact) mass is 504 g/mol. The zero-order valence-electron chi connectivity index (χ0n) is 16.1. The van der Waals surface area contributed by atoms with Crippen molar-refractivity contribution in [2.75, 3.05) is 14.2 Å². The molecule has 0 bridgehead atoms. The summed E-state index contributed by atoms with van der Waals surface area (Å²) in [5, 5.41) is 0. The van der Waals surface area contributed by atoms with E-state index < -0.39 is 12.3 Å². The Labute approximate surface area is 183 Å². The molecule has 0 fully saturated rings. The highest BCUT2D eigenvalue weighted by molar-refractivity contribution is 14.1. The summed E-state index contributed by atoms with van der Waals surface area (Å²) < 4.78 is 22.7. The predicted molar refractivity (Wildman–Crippen MR) is 118 cm³/mol. The maximum absolute atomic E-state index is 12.7. The fraction of sp³-hybridized carbons (Fsp3) is 0.174. The lowest BCUT2D eigenvalue weighted by atomic mass is 10.2. The van der Waals surface area contributed by atoms with Gasteiger partial charge in [-0.25, -0.2) is 4.79 Å². The third-order valence-corrected chi connectivity index (χ3v) is 5.16. The molecule has 3 rings (SSSR count). The van der Waals surface area contributed by atoms with Gasteiger partial charge in [0, 0.05) is 16.2 Å². The van der Waals surface area contributed by atoms with E-state index >= 15 is 0 Å². The Morgan fingerprint density at radius 3 is 2.28 bits per heavy atom. The summed E-state index contributed by atoms with van der Waals surface area (Å²) in [5.41, 5.74) is 2.19. The molecular formula is C23H21IO5. The van der Waals surface area contributed by atoms with Crippen LogP contribution in [0.15, 0.2) is 72.8 Å². The minimum Gasteiger partial charge on any atom is -0.497 e. The van der Waals surface area contributed by atoms with Gasteiger partial charge in [0.05, 0.1) is 12.7 Å². The van der Waals surface area contributed by atoms with Gasteiger partial charge in [-0.1, -0.05) is 42.5 Å². The number of ether oxygens (including phenoxy) is 4. The van der Waals surface area contributed by atoms with E-state index in [9.17, 15) is 4.79 Å². The summed E-state index contributed by atoms with van der Waals surface area (Å²) in [6.45, 7) is 0.379. The Hall–Kier alpha value is -2.58. The highest BCUT2D eigenvalue weighted by Crippen LogP contribution is 2.25. The molecule has 0 saturated carbocycles. The van der Waals surface area contributed by atoms with Gasteiger partial charge in [-0.3, -0.25) is 0 Å². The van der Waals surface area contributed by atoms with Crippen molar-refractivity contribution < 1.29 is 23.7 Å². The fourth-order valence-electron chi connectivity index (χ4n) is 2.66. The lowest BCUT2D eigenvalue weighted by molar-refractivity contribution is -0.0927. The highest BCUT2D eigenvalue weighted by atomic mass is 127. The largest absolute Gasteiger partial charge is 0.497 e. The summed E-state index contributed by atoms with van der Waals surface area (Å²) in [7, 11) is 3.13. The molecule has 0 heterocycles. The third-order valence-electron chi connectivity index (χ3n) is 4.22. The van der Waals surface area contributed by atoms with Gasteiger partial charge in [0.25, 0.3) is 0 Å². The quantitative estimate of drug-likeness (QED) is 0.234. The van der Waals surface area contributed by atoms with E-state index in [2.05, 4.69) is 22.6 Å². The van der Waals surface area contributed by atoms with Crippen LogP contribution in [0.1, 0.15) is 27.8 Å². The molecular weight excluding hydrogens is 483 g/mol. The molecule has 0 amide bonds. The number of esters is 1. The van der Waals surface area contributed by atoms with E-state index in [1.807, 2.05) is 66.7 Å². The third kappa shape index (κ3) is 5.71. The van der Waals surface area contributed by atoms with Crippen molar-refractivity contribution in [1.82, 2.24) is 0 Å². The van der Waals surface area contributed by atoms with Crippen molar-refractivity contribution >= 4 is 28.6 Å². The van der Waals surface area contributed by atoms with Crippen LogP contribution in [0.25, 0.3) is 0 Å². The lowest BCUT2D eigenvalue weighted by Crippen LogP contribution is -2.14. The van der Waals surface area contributed by atoms with Gasteiger partial charge in [-0.05, 0) is 58.5 Å². The molecule has 0 aromatic heterocycles. The molecule has 3 aromatic carbocycles. The Morgan fingerprint density at radius 1 is 0.931 bits per heavy atom. The molecule has 0 saturated heterocycles. The topological polar surface area (TPSA) is 54.0 Å². The number of methoxy groups -OCH3 is 2. The fourth-order valence-corrected chi connectivity index (χ4v) is 3.22. The summed E-state index contributed by atoms with van der Waals surface area (Å²) >= 11 is 2.10. The standard InChI is InChI=1S/C23H21IO5/c1-26-18-10-8-16(9-11-18)15-28-19-12-13-21(24)20(14-19)22(25)29-23(27-2)17-6-4-3-5-7-17/h3-14,23H,15H2,1-2H3. The van der Waals surface area contributed by atoms with Crippen LogP contribution >= 0.6 is 22.6 Å². The van der Waals surface area contributed by atoms with Gasteiger partial charge in [0.1, 0.15) is 18.1 Å². The maximum atomic E-state index is 12.7. The van der Waals surface area contributed by atoms with Crippen LogP contribution in [-0.4, -0.2) is 20.2 Å². The van der Waals surface area contributed by atoms with Crippen LogP contribution in [0, 0.1) is 3.57 Å². The molecule has 6 heteroatoms. The summed E-state index contributed by atoms with van der Waals surface area (Å²) in [6, 6.07) is 22.3. The van der Waals surface area contributed by atoms with Gasteiger partial charge in [0.2, 0.25) is 6.29 Å². The van der Waals surface area contributed by atoms with Crippen molar-refractivity contribution in [1.29, 1.82) is 0 Å². The van der Waals surface area contributed by atoms with E-state index in [1.165, 1.54) is 7.11 Å². The highest BCUT2D eigenvalue weighted by Gasteiger charge is 2.20. The van der Waals surface area contributed by atoms with Crippen LogP contribution in [0.2, 0.25) is 0 Å². The molecule has 150 valence electrons. The molecule has 3 aromatic rings. The first-order valence-corrected chi connectivity index (χ1v) is 10.0. The van der Waals surface area contributed by atoms with Gasteiger partial charge in [-0.2, -0.15) is 0 Å². The molecule has 0 aliphatic heterocycles. The number of benzene rings is 3. The Balaban J connectivity index is 1.69. The van der Waals surface area contributed by atoms with E-state index in [-0.39, 0.29) is 0 Å². The minimum atomic E-state index is -0.775. The first-order chi connectivity index (χ1) is 14.1. The predicted octanol–water partition coefficient (Wildman–Crippen LogP) is 5.38. The Morgan fingerprint density at radius 2 is 1.62 bits per heavy atom. The van der Waals surface area contributed by atoms with E-state index in [1.54, 1.807) is 13.2 Å². The zero-order chi connectivity index (χ0) is 20.6. The van der Waals surface area contributed by atoms with Crippen LogP contribution in [0.4, 0.5) is 0 Å². The smallest absolute Gasteiger partial charge is 0.341 e. The first kappa shape index (κ1) is 21.1. The number of halogens is 1.